The Hall–Kier alpha value is -6.13. The predicted octanol–water partition coefficient (Wildman–Crippen LogP) is 10.7. The van der Waals surface area contributed by atoms with Crippen LogP contribution in [-0.4, -0.2) is 15.0 Å². The van der Waals surface area contributed by atoms with Crippen LogP contribution in [0.1, 0.15) is 0 Å². The first kappa shape index (κ1) is 25.4. The second-order valence-corrected chi connectivity index (χ2v) is 11.2. The molecule has 0 spiro atoms. The normalized spacial score (nSPS) is 11.6. The molecule has 0 amide bonds. The monoisotopic (exact) mass is 575 g/mol. The van der Waals surface area contributed by atoms with Gasteiger partial charge in [-0.2, -0.15) is 0 Å². The van der Waals surface area contributed by atoms with E-state index in [0.717, 1.165) is 71.3 Å². The summed E-state index contributed by atoms with van der Waals surface area (Å²) in [6.45, 7) is 0. The maximum atomic E-state index is 6.44. The van der Waals surface area contributed by atoms with Gasteiger partial charge in [0.1, 0.15) is 11.2 Å². The van der Waals surface area contributed by atoms with E-state index in [2.05, 4.69) is 78.9 Å². The summed E-state index contributed by atoms with van der Waals surface area (Å²) in [6, 6.07) is 52.2. The van der Waals surface area contributed by atoms with Gasteiger partial charge in [-0.1, -0.05) is 127 Å². The molecule has 2 heterocycles. The van der Waals surface area contributed by atoms with E-state index in [1.165, 1.54) is 0 Å². The molecule has 0 bridgehead atoms. The van der Waals surface area contributed by atoms with Gasteiger partial charge in [-0.3, -0.25) is 0 Å². The van der Waals surface area contributed by atoms with Gasteiger partial charge in [-0.05, 0) is 51.6 Å². The number of furan rings is 1. The van der Waals surface area contributed by atoms with Crippen LogP contribution in [-0.2, 0) is 0 Å². The maximum Gasteiger partial charge on any atom is 0.164 e. The number of benzene rings is 7. The second-order valence-electron chi connectivity index (χ2n) is 11.2. The molecule has 0 aliphatic heterocycles. The molecule has 2 aromatic heterocycles. The fraction of sp³-hybridized carbons (Fsp3) is 0. The van der Waals surface area contributed by atoms with E-state index in [4.69, 9.17) is 19.4 Å². The Morgan fingerprint density at radius 2 is 0.889 bits per heavy atom. The molecule has 4 nitrogen and oxygen atoms in total. The summed E-state index contributed by atoms with van der Waals surface area (Å²) in [5, 5.41) is 6.70. The molecule has 7 aromatic carbocycles. The molecular formula is C41H25N3O. The van der Waals surface area contributed by atoms with Gasteiger partial charge in [0.15, 0.2) is 17.5 Å². The molecule has 9 rings (SSSR count). The number of hydrogen-bond acceptors (Lipinski definition) is 4. The zero-order valence-corrected chi connectivity index (χ0v) is 24.2. The van der Waals surface area contributed by atoms with Crippen molar-refractivity contribution >= 4 is 43.5 Å². The minimum absolute atomic E-state index is 0.630. The van der Waals surface area contributed by atoms with E-state index in [9.17, 15) is 0 Å². The zero-order valence-electron chi connectivity index (χ0n) is 24.2. The molecule has 0 atom stereocenters. The number of aromatic nitrogens is 3. The van der Waals surface area contributed by atoms with Crippen LogP contribution in [0.25, 0.3) is 88.8 Å². The Morgan fingerprint density at radius 3 is 1.60 bits per heavy atom. The Labute approximate surface area is 259 Å². The zero-order chi connectivity index (χ0) is 29.7. The third kappa shape index (κ3) is 4.27. The van der Waals surface area contributed by atoms with E-state index >= 15 is 0 Å². The summed E-state index contributed by atoms with van der Waals surface area (Å²) < 4.78 is 6.44. The first-order valence-electron chi connectivity index (χ1n) is 15.0. The number of fused-ring (bicyclic) bond motifs is 6. The highest BCUT2D eigenvalue weighted by Crippen LogP contribution is 2.42. The van der Waals surface area contributed by atoms with Crippen LogP contribution in [0.2, 0.25) is 0 Å². The first-order chi connectivity index (χ1) is 22.3. The van der Waals surface area contributed by atoms with E-state index in [1.54, 1.807) is 0 Å². The van der Waals surface area contributed by atoms with Crippen LogP contribution in [0.15, 0.2) is 156 Å². The molecule has 0 unspecified atom stereocenters. The fourth-order valence-electron chi connectivity index (χ4n) is 6.35. The summed E-state index contributed by atoms with van der Waals surface area (Å²) in [5.74, 6) is 1.91. The molecule has 0 aliphatic carbocycles. The topological polar surface area (TPSA) is 51.8 Å². The van der Waals surface area contributed by atoms with Crippen molar-refractivity contribution in [2.24, 2.45) is 0 Å². The highest BCUT2D eigenvalue weighted by Gasteiger charge is 2.19. The van der Waals surface area contributed by atoms with Crippen LogP contribution in [0, 0.1) is 0 Å². The van der Waals surface area contributed by atoms with Gasteiger partial charge in [0.25, 0.3) is 0 Å². The summed E-state index contributed by atoms with van der Waals surface area (Å²) >= 11 is 0. The number of hydrogen-bond donors (Lipinski definition) is 0. The lowest BCUT2D eigenvalue weighted by molar-refractivity contribution is 0.672. The van der Waals surface area contributed by atoms with Crippen molar-refractivity contribution in [3.63, 3.8) is 0 Å². The SMILES string of the molecule is c1ccc(-c2nc(-c3ccccc3)nc(-c3cc4ccccc4cc3-c3cccc4c3ccc3c5ccccc5oc43)n2)cc1. The van der Waals surface area contributed by atoms with Crippen molar-refractivity contribution in [1.82, 2.24) is 15.0 Å². The third-order valence-corrected chi connectivity index (χ3v) is 8.52. The van der Waals surface area contributed by atoms with Crippen LogP contribution >= 0.6 is 0 Å². The van der Waals surface area contributed by atoms with Crippen LogP contribution in [0.5, 0.6) is 0 Å². The Balaban J connectivity index is 1.34. The van der Waals surface area contributed by atoms with Gasteiger partial charge < -0.3 is 4.42 Å². The molecule has 0 N–H and O–H groups in total. The van der Waals surface area contributed by atoms with Crippen molar-refractivity contribution in [3.8, 4) is 45.3 Å². The largest absolute Gasteiger partial charge is 0.455 e. The molecule has 0 aliphatic rings. The van der Waals surface area contributed by atoms with Crippen molar-refractivity contribution in [2.45, 2.75) is 0 Å². The smallest absolute Gasteiger partial charge is 0.164 e. The average Bonchev–Trinajstić information content (AvgIpc) is 3.51. The number of nitrogens with zero attached hydrogens (tertiary/aromatic N) is 3. The van der Waals surface area contributed by atoms with Crippen LogP contribution < -0.4 is 0 Å². The molecule has 0 radical (unpaired) electrons. The van der Waals surface area contributed by atoms with Crippen molar-refractivity contribution < 1.29 is 4.42 Å². The van der Waals surface area contributed by atoms with Crippen molar-refractivity contribution in [3.05, 3.63) is 152 Å². The quantitative estimate of drug-likeness (QED) is 0.209. The molecule has 0 fully saturated rings. The number of para-hydroxylation sites is 1. The molecule has 0 saturated carbocycles. The lowest BCUT2D eigenvalue weighted by Crippen LogP contribution is -2.01. The molecule has 45 heavy (non-hydrogen) atoms. The van der Waals surface area contributed by atoms with Gasteiger partial charge in [0.2, 0.25) is 0 Å². The van der Waals surface area contributed by atoms with Crippen molar-refractivity contribution in [1.29, 1.82) is 0 Å². The lowest BCUT2D eigenvalue weighted by atomic mass is 9.91. The molecule has 4 heteroatoms. The highest BCUT2D eigenvalue weighted by molar-refractivity contribution is 6.18. The highest BCUT2D eigenvalue weighted by atomic mass is 16.3. The summed E-state index contributed by atoms with van der Waals surface area (Å²) in [4.78, 5) is 15.2. The predicted molar refractivity (Wildman–Crippen MR) is 184 cm³/mol. The molecular weight excluding hydrogens is 550 g/mol. The van der Waals surface area contributed by atoms with Gasteiger partial charge >= 0.3 is 0 Å². The standard InChI is InChI=1S/C41H25N3O/c1-3-12-26(13-4-1)39-42-40(27-14-5-2-6-15-27)44-41(43-39)36-25-29-17-8-7-16-28(29)24-35(36)30-19-11-20-33-31(30)22-23-34-32-18-9-10-21-37(32)45-38(33)34/h1-25H. The average molecular weight is 576 g/mol. The third-order valence-electron chi connectivity index (χ3n) is 8.52. The Bertz CT molecular complexity index is 2480. The van der Waals surface area contributed by atoms with E-state index in [-0.39, 0.29) is 0 Å². The van der Waals surface area contributed by atoms with Gasteiger partial charge in [-0.25, -0.2) is 15.0 Å². The van der Waals surface area contributed by atoms with E-state index in [0.29, 0.717) is 17.5 Å². The van der Waals surface area contributed by atoms with E-state index in [1.807, 2.05) is 72.8 Å². The summed E-state index contributed by atoms with van der Waals surface area (Å²) in [6.07, 6.45) is 0. The van der Waals surface area contributed by atoms with Gasteiger partial charge in [-0.15, -0.1) is 0 Å². The minimum atomic E-state index is 0.630. The van der Waals surface area contributed by atoms with E-state index < -0.39 is 0 Å². The Morgan fingerprint density at radius 1 is 0.356 bits per heavy atom. The molecule has 210 valence electrons. The molecule has 0 saturated heterocycles. The maximum absolute atomic E-state index is 6.44. The van der Waals surface area contributed by atoms with Crippen molar-refractivity contribution in [2.75, 3.05) is 0 Å². The van der Waals surface area contributed by atoms with Crippen LogP contribution in [0.3, 0.4) is 0 Å². The lowest BCUT2D eigenvalue weighted by Gasteiger charge is -2.15. The number of rotatable bonds is 4. The summed E-state index contributed by atoms with van der Waals surface area (Å²) in [7, 11) is 0. The first-order valence-corrected chi connectivity index (χ1v) is 15.0. The summed E-state index contributed by atoms with van der Waals surface area (Å²) in [5.41, 5.74) is 6.77. The fourth-order valence-corrected chi connectivity index (χ4v) is 6.35. The Kier molecular flexibility index (Phi) is 5.78. The molecule has 9 aromatic rings. The van der Waals surface area contributed by atoms with Crippen LogP contribution in [0.4, 0.5) is 0 Å². The van der Waals surface area contributed by atoms with Gasteiger partial charge in [0, 0.05) is 32.8 Å². The van der Waals surface area contributed by atoms with Gasteiger partial charge in [0.05, 0.1) is 0 Å². The minimum Gasteiger partial charge on any atom is -0.455 e. The second kappa shape index (κ2) is 10.2.